The lowest BCUT2D eigenvalue weighted by atomic mass is 10.0. The van der Waals surface area contributed by atoms with Gasteiger partial charge in [0.25, 0.3) is 0 Å². The van der Waals surface area contributed by atoms with Gasteiger partial charge in [0, 0.05) is 22.6 Å². The number of rotatable bonds is 6. The van der Waals surface area contributed by atoms with Gasteiger partial charge in [-0.05, 0) is 67.9 Å². The summed E-state index contributed by atoms with van der Waals surface area (Å²) >= 11 is 0. The Hall–Kier alpha value is -4.28. The largest absolute Gasteiger partial charge is 0.419 e. The number of amides is 2. The van der Waals surface area contributed by atoms with Gasteiger partial charge >= 0.3 is 12.2 Å². The minimum absolute atomic E-state index is 0.0187. The molecule has 1 heterocycles. The first kappa shape index (κ1) is 25.8. The SMILES string of the molecule is CC1(C)CN(c2ccc(F)c(C(F)(F)F)c2)C(=O)N1Cc1ccccc1Nc1ccc(C(N)=NO)cc1. The molecule has 194 valence electrons. The Labute approximate surface area is 210 Å². The van der Waals surface area contributed by atoms with Crippen LogP contribution in [0, 0.1) is 5.82 Å². The van der Waals surface area contributed by atoms with Crippen LogP contribution in [0.15, 0.2) is 71.9 Å². The van der Waals surface area contributed by atoms with Crippen molar-refractivity contribution in [3.8, 4) is 0 Å². The van der Waals surface area contributed by atoms with E-state index in [0.717, 1.165) is 23.0 Å². The summed E-state index contributed by atoms with van der Waals surface area (Å²) in [6, 6.07) is 16.3. The van der Waals surface area contributed by atoms with Crippen LogP contribution in [-0.4, -0.2) is 34.1 Å². The second kappa shape index (κ2) is 9.64. The highest BCUT2D eigenvalue weighted by Crippen LogP contribution is 2.37. The number of urea groups is 1. The maximum atomic E-state index is 13.8. The Kier molecular flexibility index (Phi) is 6.72. The summed E-state index contributed by atoms with van der Waals surface area (Å²) in [5, 5.41) is 15.1. The highest BCUT2D eigenvalue weighted by atomic mass is 19.4. The van der Waals surface area contributed by atoms with Gasteiger partial charge in [0.15, 0.2) is 5.84 Å². The minimum atomic E-state index is -4.88. The van der Waals surface area contributed by atoms with Crippen molar-refractivity contribution in [2.75, 3.05) is 16.8 Å². The van der Waals surface area contributed by atoms with Gasteiger partial charge in [-0.25, -0.2) is 9.18 Å². The fourth-order valence-electron chi connectivity index (χ4n) is 4.21. The van der Waals surface area contributed by atoms with Gasteiger partial charge in [0.1, 0.15) is 5.82 Å². The summed E-state index contributed by atoms with van der Waals surface area (Å²) in [5.41, 5.74) is 6.21. The van der Waals surface area contributed by atoms with Crippen LogP contribution in [-0.2, 0) is 12.7 Å². The molecule has 4 N–H and O–H groups in total. The Bertz CT molecular complexity index is 1340. The molecule has 0 bridgehead atoms. The van der Waals surface area contributed by atoms with Crippen molar-refractivity contribution >= 4 is 28.9 Å². The van der Waals surface area contributed by atoms with E-state index in [4.69, 9.17) is 10.9 Å². The zero-order valence-electron chi connectivity index (χ0n) is 20.1. The van der Waals surface area contributed by atoms with Crippen LogP contribution in [0.3, 0.4) is 0 Å². The van der Waals surface area contributed by atoms with Crippen LogP contribution in [0.1, 0.15) is 30.5 Å². The van der Waals surface area contributed by atoms with E-state index in [-0.39, 0.29) is 24.6 Å². The number of anilines is 3. The van der Waals surface area contributed by atoms with E-state index >= 15 is 0 Å². The topological polar surface area (TPSA) is 94.2 Å². The van der Waals surface area contributed by atoms with E-state index in [2.05, 4.69) is 10.5 Å². The average Bonchev–Trinajstić information content (AvgIpc) is 3.08. The Morgan fingerprint density at radius 3 is 2.43 bits per heavy atom. The van der Waals surface area contributed by atoms with Crippen molar-refractivity contribution in [1.82, 2.24) is 4.90 Å². The Morgan fingerprint density at radius 1 is 1.11 bits per heavy atom. The third kappa shape index (κ3) is 5.30. The fraction of sp³-hybridized carbons (Fsp3) is 0.231. The van der Waals surface area contributed by atoms with Crippen molar-refractivity contribution in [2.24, 2.45) is 10.9 Å². The number of hydrogen-bond donors (Lipinski definition) is 3. The summed E-state index contributed by atoms with van der Waals surface area (Å²) in [6.07, 6.45) is -4.88. The molecule has 7 nitrogen and oxygen atoms in total. The quantitative estimate of drug-likeness (QED) is 0.125. The fourth-order valence-corrected chi connectivity index (χ4v) is 4.21. The molecule has 0 atom stereocenters. The highest BCUT2D eigenvalue weighted by Gasteiger charge is 2.44. The van der Waals surface area contributed by atoms with Gasteiger partial charge in [0.2, 0.25) is 0 Å². The molecule has 1 aliphatic rings. The zero-order valence-corrected chi connectivity index (χ0v) is 20.1. The zero-order chi connectivity index (χ0) is 27.0. The number of nitrogens with zero attached hydrogens (tertiary/aromatic N) is 3. The van der Waals surface area contributed by atoms with Crippen molar-refractivity contribution in [1.29, 1.82) is 0 Å². The van der Waals surface area contributed by atoms with Crippen LogP contribution in [0.5, 0.6) is 0 Å². The first-order valence-corrected chi connectivity index (χ1v) is 11.3. The van der Waals surface area contributed by atoms with Crippen molar-refractivity contribution in [3.63, 3.8) is 0 Å². The second-order valence-corrected chi connectivity index (χ2v) is 9.27. The van der Waals surface area contributed by atoms with E-state index in [1.165, 1.54) is 11.0 Å². The van der Waals surface area contributed by atoms with Crippen molar-refractivity contribution < 1.29 is 27.6 Å². The van der Waals surface area contributed by atoms with Crippen molar-refractivity contribution in [3.05, 3.63) is 89.2 Å². The number of hydrogen-bond acceptors (Lipinski definition) is 4. The van der Waals surface area contributed by atoms with E-state index < -0.39 is 29.1 Å². The summed E-state index contributed by atoms with van der Waals surface area (Å²) in [6.45, 7) is 3.95. The molecule has 4 rings (SSSR count). The maximum Gasteiger partial charge on any atom is 0.419 e. The molecule has 37 heavy (non-hydrogen) atoms. The van der Waals surface area contributed by atoms with Crippen molar-refractivity contribution in [2.45, 2.75) is 32.1 Å². The number of nitrogens with one attached hydrogen (secondary N) is 1. The van der Waals surface area contributed by atoms with Gasteiger partial charge in [-0.1, -0.05) is 23.4 Å². The standard InChI is InChI=1S/C26H25F4N5O2/c1-25(2)15-34(19-11-12-21(27)20(13-19)26(28,29)30)24(36)35(25)14-17-5-3-4-6-22(17)32-18-9-7-16(8-10-18)23(31)33-37/h3-13,32,37H,14-15H2,1-2H3,(H2,31,33). The summed E-state index contributed by atoms with van der Waals surface area (Å²) in [5.74, 6) is -1.41. The molecule has 3 aromatic carbocycles. The Morgan fingerprint density at radius 2 is 1.78 bits per heavy atom. The molecule has 0 aliphatic carbocycles. The van der Waals surface area contributed by atoms with Crippen LogP contribution >= 0.6 is 0 Å². The number of amidine groups is 1. The van der Waals surface area contributed by atoms with E-state index in [0.29, 0.717) is 11.6 Å². The van der Waals surface area contributed by atoms with Gasteiger partial charge in [-0.3, -0.25) is 4.90 Å². The molecule has 0 unspecified atom stereocenters. The molecule has 11 heteroatoms. The minimum Gasteiger partial charge on any atom is -0.409 e. The number of para-hydroxylation sites is 1. The number of alkyl halides is 3. The summed E-state index contributed by atoms with van der Waals surface area (Å²) in [4.78, 5) is 16.2. The van der Waals surface area contributed by atoms with E-state index in [1.54, 1.807) is 29.2 Å². The number of oxime groups is 1. The molecule has 0 aromatic heterocycles. The van der Waals surface area contributed by atoms with E-state index in [9.17, 15) is 22.4 Å². The second-order valence-electron chi connectivity index (χ2n) is 9.27. The lowest BCUT2D eigenvalue weighted by molar-refractivity contribution is -0.139. The first-order valence-electron chi connectivity index (χ1n) is 11.3. The van der Waals surface area contributed by atoms with E-state index in [1.807, 2.05) is 38.1 Å². The van der Waals surface area contributed by atoms with Gasteiger partial charge in [0.05, 0.1) is 24.2 Å². The van der Waals surface area contributed by atoms with Gasteiger partial charge < -0.3 is 21.2 Å². The lowest BCUT2D eigenvalue weighted by Gasteiger charge is -2.30. The van der Waals surface area contributed by atoms with Crippen LogP contribution in [0.2, 0.25) is 0 Å². The van der Waals surface area contributed by atoms with Gasteiger partial charge in [-0.15, -0.1) is 0 Å². The monoisotopic (exact) mass is 515 g/mol. The predicted octanol–water partition coefficient (Wildman–Crippen LogP) is 5.90. The molecule has 0 saturated carbocycles. The smallest absolute Gasteiger partial charge is 0.409 e. The number of carbonyl (C=O) groups excluding carboxylic acids is 1. The average molecular weight is 516 g/mol. The maximum absolute atomic E-state index is 13.8. The third-order valence-electron chi connectivity index (χ3n) is 6.22. The molecule has 1 saturated heterocycles. The number of halogens is 4. The summed E-state index contributed by atoms with van der Waals surface area (Å²) < 4.78 is 53.5. The first-order chi connectivity index (χ1) is 17.4. The molecule has 1 fully saturated rings. The highest BCUT2D eigenvalue weighted by molar-refractivity contribution is 5.97. The third-order valence-corrected chi connectivity index (χ3v) is 6.22. The predicted molar refractivity (Wildman–Crippen MR) is 132 cm³/mol. The van der Waals surface area contributed by atoms with Crippen LogP contribution < -0.4 is 16.0 Å². The molecular weight excluding hydrogens is 490 g/mol. The number of carbonyl (C=O) groups is 1. The Balaban J connectivity index is 1.58. The molecular formula is C26H25F4N5O2. The molecule has 2 amide bonds. The van der Waals surface area contributed by atoms with Crippen LogP contribution in [0.25, 0.3) is 0 Å². The number of benzene rings is 3. The number of nitrogens with two attached hydrogens (primary N) is 1. The molecule has 0 radical (unpaired) electrons. The molecule has 3 aromatic rings. The molecule has 0 spiro atoms. The normalized spacial score (nSPS) is 15.8. The molecule has 1 aliphatic heterocycles. The lowest BCUT2D eigenvalue weighted by Crippen LogP contribution is -2.41. The summed E-state index contributed by atoms with van der Waals surface area (Å²) in [7, 11) is 0. The van der Waals surface area contributed by atoms with Gasteiger partial charge in [-0.2, -0.15) is 13.2 Å². The van der Waals surface area contributed by atoms with Crippen LogP contribution in [0.4, 0.5) is 39.4 Å².